The van der Waals surface area contributed by atoms with Crippen LogP contribution in [0.4, 0.5) is 23.2 Å². The topological polar surface area (TPSA) is 79.5 Å². The summed E-state index contributed by atoms with van der Waals surface area (Å²) in [6.07, 6.45) is -3.58. The second-order valence-corrected chi connectivity index (χ2v) is 8.16. The Kier molecular flexibility index (Phi) is 5.66. The van der Waals surface area contributed by atoms with Crippen molar-refractivity contribution >= 4 is 28.5 Å². The number of nitrogens with two attached hydrogens (primary N) is 1. The third-order valence-electron chi connectivity index (χ3n) is 4.84. The van der Waals surface area contributed by atoms with Gasteiger partial charge in [0.25, 0.3) is 5.91 Å². The average Bonchev–Trinajstić information content (AvgIpc) is 2.62. The Balaban J connectivity index is 1.83. The Bertz CT molecular complexity index is 925. The van der Waals surface area contributed by atoms with Crippen LogP contribution in [0.15, 0.2) is 52.4 Å². The van der Waals surface area contributed by atoms with Crippen LogP contribution in [-0.4, -0.2) is 29.0 Å². The lowest BCUT2D eigenvalue weighted by atomic mass is 9.89. The smallest absolute Gasteiger partial charge is 0.379 e. The molecule has 0 radical (unpaired) electrons. The van der Waals surface area contributed by atoms with Gasteiger partial charge < -0.3 is 16.4 Å². The third-order valence-corrected chi connectivity index (χ3v) is 5.64. The van der Waals surface area contributed by atoms with Gasteiger partial charge in [-0.2, -0.15) is 13.2 Å². The number of benzene rings is 1. The monoisotopic (exact) mass is 428 g/mol. The Morgan fingerprint density at radius 2 is 2.14 bits per heavy atom. The van der Waals surface area contributed by atoms with E-state index in [0.29, 0.717) is 16.9 Å². The third kappa shape index (κ3) is 4.58. The summed E-state index contributed by atoms with van der Waals surface area (Å²) in [7, 11) is 0. The molecule has 0 aromatic heterocycles. The highest BCUT2D eigenvalue weighted by molar-refractivity contribution is 8.13. The molecule has 1 aromatic rings. The molecule has 0 aliphatic carbocycles. The number of halogens is 4. The molecular weight excluding hydrogens is 408 g/mol. The summed E-state index contributed by atoms with van der Waals surface area (Å²) in [5.41, 5.74) is 4.86. The lowest BCUT2D eigenvalue weighted by Gasteiger charge is -2.30. The van der Waals surface area contributed by atoms with E-state index >= 15 is 0 Å². The number of thioether (sulfide) groups is 1. The summed E-state index contributed by atoms with van der Waals surface area (Å²) in [6, 6.07) is 5.62. The molecule has 3 rings (SSSR count). The minimum absolute atomic E-state index is 0.352. The van der Waals surface area contributed by atoms with Crippen molar-refractivity contribution in [3.05, 3.63) is 53.0 Å². The Morgan fingerprint density at radius 3 is 2.79 bits per heavy atom. The number of alkyl halides is 3. The summed E-state index contributed by atoms with van der Waals surface area (Å²) in [6.45, 7) is 3.14. The van der Waals surface area contributed by atoms with Gasteiger partial charge in [-0.25, -0.2) is 4.39 Å². The summed E-state index contributed by atoms with van der Waals surface area (Å²) in [4.78, 5) is 17.0. The number of allylic oxidation sites excluding steroid dienone is 2. The van der Waals surface area contributed by atoms with Gasteiger partial charge in [0, 0.05) is 11.4 Å². The SMILES string of the molecule is CC1NC(C(=O)Nc2cccc(C3(C)CCSC(N)=N3)c2)=C(F)C=C1C(F)(F)F. The number of dihydropyridines is 1. The second-order valence-electron chi connectivity index (χ2n) is 7.04. The van der Waals surface area contributed by atoms with Crippen molar-refractivity contribution in [2.24, 2.45) is 10.7 Å². The molecule has 0 fully saturated rings. The van der Waals surface area contributed by atoms with Gasteiger partial charge in [-0.3, -0.25) is 9.79 Å². The van der Waals surface area contributed by atoms with Crippen molar-refractivity contribution in [2.75, 3.05) is 11.1 Å². The lowest BCUT2D eigenvalue weighted by molar-refractivity contribution is -0.114. The number of carbonyl (C=O) groups is 1. The molecule has 2 aliphatic heterocycles. The molecule has 0 saturated heterocycles. The highest BCUT2D eigenvalue weighted by atomic mass is 32.2. The minimum Gasteiger partial charge on any atom is -0.379 e. The highest BCUT2D eigenvalue weighted by Crippen LogP contribution is 2.36. The van der Waals surface area contributed by atoms with E-state index in [-0.39, 0.29) is 0 Å². The van der Waals surface area contributed by atoms with Crippen molar-refractivity contribution in [3.63, 3.8) is 0 Å². The maximum absolute atomic E-state index is 14.2. The fraction of sp³-hybridized carbons (Fsp3) is 0.368. The van der Waals surface area contributed by atoms with Crippen molar-refractivity contribution in [1.29, 1.82) is 0 Å². The number of anilines is 1. The highest BCUT2D eigenvalue weighted by Gasteiger charge is 2.40. The Hall–Kier alpha value is -2.49. The molecule has 29 heavy (non-hydrogen) atoms. The number of nitrogens with one attached hydrogen (secondary N) is 2. The molecule has 5 nitrogen and oxygen atoms in total. The van der Waals surface area contributed by atoms with E-state index in [2.05, 4.69) is 15.6 Å². The fourth-order valence-corrected chi connectivity index (χ4v) is 4.19. The molecule has 1 amide bonds. The average molecular weight is 428 g/mol. The number of amides is 1. The maximum atomic E-state index is 14.2. The van der Waals surface area contributed by atoms with Gasteiger partial charge >= 0.3 is 6.18 Å². The Labute approximate surface area is 169 Å². The molecule has 2 heterocycles. The van der Waals surface area contributed by atoms with Crippen molar-refractivity contribution in [3.8, 4) is 0 Å². The molecule has 1 aromatic carbocycles. The molecule has 2 aliphatic rings. The van der Waals surface area contributed by atoms with E-state index in [1.807, 2.05) is 13.0 Å². The largest absolute Gasteiger partial charge is 0.414 e. The number of nitrogens with zero attached hydrogens (tertiary/aromatic N) is 1. The Morgan fingerprint density at radius 1 is 1.41 bits per heavy atom. The van der Waals surface area contributed by atoms with Crippen LogP contribution in [-0.2, 0) is 10.3 Å². The van der Waals surface area contributed by atoms with Crippen LogP contribution >= 0.6 is 11.8 Å². The van der Waals surface area contributed by atoms with Gasteiger partial charge in [-0.1, -0.05) is 23.9 Å². The van der Waals surface area contributed by atoms with Gasteiger partial charge in [0.15, 0.2) is 11.0 Å². The summed E-state index contributed by atoms with van der Waals surface area (Å²) in [5, 5.41) is 5.31. The zero-order valence-electron chi connectivity index (χ0n) is 15.7. The van der Waals surface area contributed by atoms with E-state index in [9.17, 15) is 22.4 Å². The number of carbonyl (C=O) groups excluding carboxylic acids is 1. The van der Waals surface area contributed by atoms with Gasteiger partial charge in [0.2, 0.25) is 0 Å². The first-order chi connectivity index (χ1) is 13.5. The number of hydrogen-bond donors (Lipinski definition) is 3. The van der Waals surface area contributed by atoms with Crippen LogP contribution in [0.5, 0.6) is 0 Å². The van der Waals surface area contributed by atoms with E-state index in [1.165, 1.54) is 18.7 Å². The molecule has 0 spiro atoms. The zero-order chi connectivity index (χ0) is 21.4. The normalized spacial score (nSPS) is 25.1. The molecule has 0 bridgehead atoms. The van der Waals surface area contributed by atoms with Crippen LogP contribution in [0.2, 0.25) is 0 Å². The van der Waals surface area contributed by atoms with E-state index in [4.69, 9.17) is 5.73 Å². The number of hydrogen-bond acceptors (Lipinski definition) is 5. The molecule has 156 valence electrons. The summed E-state index contributed by atoms with van der Waals surface area (Å²) < 4.78 is 52.9. The fourth-order valence-electron chi connectivity index (χ4n) is 3.22. The van der Waals surface area contributed by atoms with E-state index in [1.54, 1.807) is 18.2 Å². The van der Waals surface area contributed by atoms with E-state index < -0.39 is 40.8 Å². The van der Waals surface area contributed by atoms with Crippen LogP contribution in [0, 0.1) is 0 Å². The van der Waals surface area contributed by atoms with Crippen LogP contribution in [0.25, 0.3) is 0 Å². The first kappa shape index (κ1) is 21.2. The minimum atomic E-state index is -4.68. The molecule has 0 saturated carbocycles. The summed E-state index contributed by atoms with van der Waals surface area (Å²) >= 11 is 1.47. The maximum Gasteiger partial charge on any atom is 0.414 e. The predicted molar refractivity (Wildman–Crippen MR) is 106 cm³/mol. The zero-order valence-corrected chi connectivity index (χ0v) is 16.5. The first-order valence-corrected chi connectivity index (χ1v) is 9.83. The summed E-state index contributed by atoms with van der Waals surface area (Å²) in [5.74, 6) is -1.33. The van der Waals surface area contributed by atoms with Crippen LogP contribution in [0.3, 0.4) is 0 Å². The molecule has 2 unspecified atom stereocenters. The number of amidine groups is 1. The van der Waals surface area contributed by atoms with Crippen molar-refractivity contribution in [1.82, 2.24) is 5.32 Å². The number of rotatable bonds is 3. The van der Waals surface area contributed by atoms with Gasteiger partial charge in [-0.15, -0.1) is 0 Å². The van der Waals surface area contributed by atoms with Crippen molar-refractivity contribution < 1.29 is 22.4 Å². The standard InChI is InChI=1S/C19H20F4N4OS/c1-10-13(19(21,22)23)9-14(20)15(25-10)16(28)26-12-5-3-4-11(8-12)18(2)6-7-29-17(24)27-18/h3-5,8-10,25H,6-7H2,1-2H3,(H2,24,27)(H,26,28). The van der Waals surface area contributed by atoms with Crippen molar-refractivity contribution in [2.45, 2.75) is 38.0 Å². The first-order valence-electron chi connectivity index (χ1n) is 8.85. The second kappa shape index (κ2) is 7.74. The predicted octanol–water partition coefficient (Wildman–Crippen LogP) is 3.95. The van der Waals surface area contributed by atoms with Crippen LogP contribution in [0.1, 0.15) is 25.8 Å². The lowest BCUT2D eigenvalue weighted by Crippen LogP contribution is -2.40. The molecule has 2 atom stereocenters. The van der Waals surface area contributed by atoms with Gasteiger partial charge in [-0.05, 0) is 44.0 Å². The molecular formula is C19H20F4N4OS. The molecule has 10 heteroatoms. The number of aliphatic imine (C=N–C) groups is 1. The van der Waals surface area contributed by atoms with Crippen LogP contribution < -0.4 is 16.4 Å². The van der Waals surface area contributed by atoms with Gasteiger partial charge in [0.05, 0.1) is 17.2 Å². The quantitative estimate of drug-likeness (QED) is 0.637. The van der Waals surface area contributed by atoms with E-state index in [0.717, 1.165) is 17.7 Å². The van der Waals surface area contributed by atoms with Gasteiger partial charge in [0.1, 0.15) is 5.70 Å². The molecule has 4 N–H and O–H groups in total.